The first-order valence-electron chi connectivity index (χ1n) is 11.3. The van der Waals surface area contributed by atoms with Crippen LogP contribution in [0, 0.1) is 11.8 Å². The Balaban J connectivity index is 1.46. The zero-order valence-electron chi connectivity index (χ0n) is 18.8. The minimum atomic E-state index is 0.0880. The molecule has 0 aliphatic carbocycles. The molecule has 4 rings (SSSR count). The average Bonchev–Trinajstić information content (AvgIpc) is 2.76. The van der Waals surface area contributed by atoms with Crippen LogP contribution in [0.1, 0.15) is 50.2 Å². The standard InChI is InChI=1S/C25H33N3O3/c1-17(2)18-6-7-23-22(13-18)27-24(29)14-19-8-11-28(15-20(19)9-12-31-23)16-21-5-4-10-26-25(21)30-3/h4-7,10,13,17,19-20H,8-9,11-12,14-16H2,1-3H3,(H,27,29)/t19-,20-/m0/s1. The van der Waals surface area contributed by atoms with Gasteiger partial charge < -0.3 is 14.8 Å². The average molecular weight is 424 g/mol. The topological polar surface area (TPSA) is 63.7 Å². The molecule has 166 valence electrons. The summed E-state index contributed by atoms with van der Waals surface area (Å²) in [7, 11) is 1.66. The molecule has 31 heavy (non-hydrogen) atoms. The lowest BCUT2D eigenvalue weighted by molar-refractivity contribution is -0.118. The number of nitrogens with one attached hydrogen (secondary N) is 1. The molecule has 2 atom stereocenters. The zero-order valence-corrected chi connectivity index (χ0v) is 18.8. The summed E-state index contributed by atoms with van der Waals surface area (Å²) < 4.78 is 11.5. The highest BCUT2D eigenvalue weighted by atomic mass is 16.5. The number of rotatable bonds is 4. The van der Waals surface area contributed by atoms with E-state index in [-0.39, 0.29) is 5.91 Å². The quantitative estimate of drug-likeness (QED) is 0.786. The van der Waals surface area contributed by atoms with Crippen molar-refractivity contribution in [2.75, 3.05) is 32.1 Å². The summed E-state index contributed by atoms with van der Waals surface area (Å²) in [6.07, 6.45) is 4.29. The SMILES string of the molecule is COc1ncccc1CN1CC[C@H]2CC(=O)Nc3cc(C(C)C)ccc3OCC[C@H]2C1. The number of aromatic nitrogens is 1. The lowest BCUT2D eigenvalue weighted by atomic mass is 9.81. The van der Waals surface area contributed by atoms with Crippen molar-refractivity contribution in [3.8, 4) is 11.6 Å². The number of carbonyl (C=O) groups excluding carboxylic acids is 1. The number of ether oxygens (including phenoxy) is 2. The maximum atomic E-state index is 12.9. The third kappa shape index (κ3) is 5.18. The van der Waals surface area contributed by atoms with Gasteiger partial charge >= 0.3 is 0 Å². The van der Waals surface area contributed by atoms with Crippen LogP contribution >= 0.6 is 0 Å². The molecule has 1 aromatic heterocycles. The number of nitrogens with zero attached hydrogens (tertiary/aromatic N) is 2. The van der Waals surface area contributed by atoms with E-state index in [1.807, 2.05) is 12.1 Å². The van der Waals surface area contributed by atoms with Crippen molar-refractivity contribution in [2.45, 2.75) is 45.6 Å². The van der Waals surface area contributed by atoms with Crippen LogP contribution in [0.25, 0.3) is 0 Å². The molecule has 1 fully saturated rings. The third-order valence-electron chi connectivity index (χ3n) is 6.55. The second kappa shape index (κ2) is 9.69. The van der Waals surface area contributed by atoms with Crippen LogP contribution in [0.15, 0.2) is 36.5 Å². The Morgan fingerprint density at radius 1 is 1.26 bits per heavy atom. The molecule has 6 nitrogen and oxygen atoms in total. The van der Waals surface area contributed by atoms with Crippen molar-refractivity contribution in [2.24, 2.45) is 11.8 Å². The van der Waals surface area contributed by atoms with Crippen molar-refractivity contribution in [1.29, 1.82) is 0 Å². The fraction of sp³-hybridized carbons (Fsp3) is 0.520. The predicted molar refractivity (Wildman–Crippen MR) is 122 cm³/mol. The lowest BCUT2D eigenvalue weighted by Crippen LogP contribution is -2.42. The molecular formula is C25H33N3O3. The van der Waals surface area contributed by atoms with Crippen LogP contribution in [0.5, 0.6) is 11.6 Å². The smallest absolute Gasteiger partial charge is 0.224 e. The summed E-state index contributed by atoms with van der Waals surface area (Å²) in [6.45, 7) is 7.72. The van der Waals surface area contributed by atoms with E-state index in [1.165, 1.54) is 5.56 Å². The molecule has 2 aromatic rings. The van der Waals surface area contributed by atoms with Crippen LogP contribution in [0.4, 0.5) is 5.69 Å². The van der Waals surface area contributed by atoms with Gasteiger partial charge in [-0.2, -0.15) is 0 Å². The number of likely N-dealkylation sites (tertiary alicyclic amines) is 1. The highest BCUT2D eigenvalue weighted by molar-refractivity contribution is 5.92. The van der Waals surface area contributed by atoms with E-state index in [2.05, 4.69) is 47.2 Å². The summed E-state index contributed by atoms with van der Waals surface area (Å²) in [6, 6.07) is 10.2. The Kier molecular flexibility index (Phi) is 6.76. The third-order valence-corrected chi connectivity index (χ3v) is 6.55. The Hall–Kier alpha value is -2.60. The van der Waals surface area contributed by atoms with Crippen molar-refractivity contribution in [3.05, 3.63) is 47.7 Å². The number of piperidine rings is 1. The largest absolute Gasteiger partial charge is 0.491 e. The Morgan fingerprint density at radius 2 is 2.13 bits per heavy atom. The van der Waals surface area contributed by atoms with Crippen molar-refractivity contribution < 1.29 is 14.3 Å². The van der Waals surface area contributed by atoms with Gasteiger partial charge in [0.05, 0.1) is 19.4 Å². The molecule has 0 saturated carbocycles. The van der Waals surface area contributed by atoms with E-state index in [0.717, 1.165) is 49.5 Å². The van der Waals surface area contributed by atoms with E-state index < -0.39 is 0 Å². The maximum absolute atomic E-state index is 12.9. The van der Waals surface area contributed by atoms with Crippen molar-refractivity contribution >= 4 is 11.6 Å². The van der Waals surface area contributed by atoms with Gasteiger partial charge in [0.15, 0.2) is 0 Å². The maximum Gasteiger partial charge on any atom is 0.224 e. The summed E-state index contributed by atoms with van der Waals surface area (Å²) in [5.41, 5.74) is 3.11. The number of carbonyl (C=O) groups is 1. The van der Waals surface area contributed by atoms with Crippen molar-refractivity contribution in [1.82, 2.24) is 9.88 Å². The van der Waals surface area contributed by atoms with E-state index in [4.69, 9.17) is 9.47 Å². The van der Waals surface area contributed by atoms with E-state index >= 15 is 0 Å². The van der Waals surface area contributed by atoms with Crippen LogP contribution in [0.2, 0.25) is 0 Å². The molecule has 0 spiro atoms. The van der Waals surface area contributed by atoms with Gasteiger partial charge in [0.1, 0.15) is 5.75 Å². The van der Waals surface area contributed by atoms with Gasteiger partial charge in [0.25, 0.3) is 0 Å². The lowest BCUT2D eigenvalue weighted by Gasteiger charge is -2.39. The second-order valence-corrected chi connectivity index (χ2v) is 9.02. The van der Waals surface area contributed by atoms with Gasteiger partial charge in [-0.25, -0.2) is 4.98 Å². The van der Waals surface area contributed by atoms with Gasteiger partial charge in [0.2, 0.25) is 11.8 Å². The number of pyridine rings is 1. The summed E-state index contributed by atoms with van der Waals surface area (Å²) in [5.74, 6) is 2.76. The highest BCUT2D eigenvalue weighted by Crippen LogP contribution is 2.35. The molecule has 2 aliphatic rings. The van der Waals surface area contributed by atoms with Crippen LogP contribution in [-0.2, 0) is 11.3 Å². The first-order valence-corrected chi connectivity index (χ1v) is 11.3. The first kappa shape index (κ1) is 21.6. The number of amides is 1. The van der Waals surface area contributed by atoms with Gasteiger partial charge in [-0.1, -0.05) is 26.0 Å². The molecule has 1 amide bonds. The number of methoxy groups -OCH3 is 1. The molecule has 6 heteroatoms. The van der Waals surface area contributed by atoms with Crippen molar-refractivity contribution in [3.63, 3.8) is 0 Å². The molecule has 1 aromatic carbocycles. The Morgan fingerprint density at radius 3 is 2.94 bits per heavy atom. The van der Waals surface area contributed by atoms with Gasteiger partial charge in [-0.15, -0.1) is 0 Å². The number of anilines is 1. The molecule has 1 saturated heterocycles. The zero-order chi connectivity index (χ0) is 21.8. The van der Waals surface area contributed by atoms with E-state index in [1.54, 1.807) is 13.3 Å². The Labute approximate surface area is 185 Å². The second-order valence-electron chi connectivity index (χ2n) is 9.02. The highest BCUT2D eigenvalue weighted by Gasteiger charge is 2.32. The fourth-order valence-corrected chi connectivity index (χ4v) is 4.75. The summed E-state index contributed by atoms with van der Waals surface area (Å²) in [4.78, 5) is 19.6. The van der Waals surface area contributed by atoms with E-state index in [0.29, 0.717) is 36.7 Å². The molecule has 0 bridgehead atoms. The van der Waals surface area contributed by atoms with Gasteiger partial charge in [0, 0.05) is 31.3 Å². The first-order chi connectivity index (χ1) is 15.0. The summed E-state index contributed by atoms with van der Waals surface area (Å²) >= 11 is 0. The van der Waals surface area contributed by atoms with E-state index in [9.17, 15) is 4.79 Å². The predicted octanol–water partition coefficient (Wildman–Crippen LogP) is 4.46. The van der Waals surface area contributed by atoms with Crippen LogP contribution in [-0.4, -0.2) is 42.6 Å². The summed E-state index contributed by atoms with van der Waals surface area (Å²) in [5, 5.41) is 3.12. The van der Waals surface area contributed by atoms with Crippen LogP contribution < -0.4 is 14.8 Å². The number of hydrogen-bond donors (Lipinski definition) is 1. The fourth-order valence-electron chi connectivity index (χ4n) is 4.75. The molecule has 0 unspecified atom stereocenters. The Bertz CT molecular complexity index is 915. The number of benzene rings is 1. The minimum absolute atomic E-state index is 0.0880. The molecule has 3 heterocycles. The molecule has 1 N–H and O–H groups in total. The number of fused-ring (bicyclic) bond motifs is 2. The van der Waals surface area contributed by atoms with Gasteiger partial charge in [-0.05, 0) is 60.9 Å². The normalized spacial score (nSPS) is 22.1. The molecule has 2 aliphatic heterocycles. The molecule has 0 radical (unpaired) electrons. The van der Waals surface area contributed by atoms with Crippen LogP contribution in [0.3, 0.4) is 0 Å². The molecular weight excluding hydrogens is 390 g/mol. The number of hydrogen-bond acceptors (Lipinski definition) is 5. The van der Waals surface area contributed by atoms with Gasteiger partial charge in [-0.3, -0.25) is 9.69 Å². The monoisotopic (exact) mass is 423 g/mol. The minimum Gasteiger partial charge on any atom is -0.491 e.